The lowest BCUT2D eigenvalue weighted by atomic mass is 10.2. The van der Waals surface area contributed by atoms with E-state index in [4.69, 9.17) is 5.11 Å². The number of aryl methyl sites for hydroxylation is 1. The highest BCUT2D eigenvalue weighted by atomic mass is 79.9. The summed E-state index contributed by atoms with van der Waals surface area (Å²) in [4.78, 5) is 20.1. The lowest BCUT2D eigenvalue weighted by Crippen LogP contribution is -1.98. The van der Waals surface area contributed by atoms with Gasteiger partial charge in [0.1, 0.15) is 9.88 Å². The number of nitrogens with zero attached hydrogens (tertiary/aromatic N) is 2. The van der Waals surface area contributed by atoms with E-state index < -0.39 is 5.97 Å². The standard InChI is InChI=1S/C12H11BrN2O2S/c1-2-3-8-10(12(16)17)18-11(15-8)9-5-4-7(13)6-14-9/h4-6H,2-3H2,1H3,(H,16,17). The SMILES string of the molecule is CCCc1nc(-c2ccc(Br)cn2)sc1C(=O)O. The molecule has 0 aromatic carbocycles. The molecule has 0 atom stereocenters. The summed E-state index contributed by atoms with van der Waals surface area (Å²) in [6.07, 6.45) is 3.22. The molecule has 2 aromatic heterocycles. The Labute approximate surface area is 117 Å². The molecule has 0 saturated carbocycles. The fourth-order valence-corrected chi connectivity index (χ4v) is 2.70. The Hall–Kier alpha value is -1.27. The number of carboxylic acid groups (broad SMARTS) is 1. The van der Waals surface area contributed by atoms with Crippen LogP contribution in [0.3, 0.4) is 0 Å². The van der Waals surface area contributed by atoms with Crippen molar-refractivity contribution >= 4 is 33.2 Å². The number of rotatable bonds is 4. The first-order chi connectivity index (χ1) is 8.61. The number of pyridine rings is 1. The zero-order chi connectivity index (χ0) is 13.1. The zero-order valence-corrected chi connectivity index (χ0v) is 12.1. The number of carboxylic acids is 1. The third-order valence-electron chi connectivity index (χ3n) is 2.32. The topological polar surface area (TPSA) is 63.1 Å². The molecule has 18 heavy (non-hydrogen) atoms. The van der Waals surface area contributed by atoms with Crippen molar-refractivity contribution in [2.75, 3.05) is 0 Å². The van der Waals surface area contributed by atoms with Crippen molar-refractivity contribution in [3.8, 4) is 10.7 Å². The summed E-state index contributed by atoms with van der Waals surface area (Å²) in [5.41, 5.74) is 1.35. The fraction of sp³-hybridized carbons (Fsp3) is 0.250. The molecular weight excluding hydrogens is 316 g/mol. The first kappa shape index (κ1) is 13.2. The predicted octanol–water partition coefficient (Wildman–Crippen LogP) is 3.62. The summed E-state index contributed by atoms with van der Waals surface area (Å²) >= 11 is 4.49. The maximum Gasteiger partial charge on any atom is 0.347 e. The van der Waals surface area contributed by atoms with Crippen molar-refractivity contribution in [1.29, 1.82) is 0 Å². The number of hydrogen-bond acceptors (Lipinski definition) is 4. The second-order valence-electron chi connectivity index (χ2n) is 3.71. The van der Waals surface area contributed by atoms with Gasteiger partial charge in [-0.15, -0.1) is 11.3 Å². The van der Waals surface area contributed by atoms with E-state index in [2.05, 4.69) is 25.9 Å². The molecule has 0 unspecified atom stereocenters. The largest absolute Gasteiger partial charge is 0.477 e. The van der Waals surface area contributed by atoms with Crippen molar-refractivity contribution in [2.45, 2.75) is 19.8 Å². The Kier molecular flexibility index (Phi) is 4.08. The minimum atomic E-state index is -0.917. The van der Waals surface area contributed by atoms with E-state index in [9.17, 15) is 4.79 Å². The molecule has 0 amide bonds. The molecule has 0 aliphatic heterocycles. The van der Waals surface area contributed by atoms with Gasteiger partial charge >= 0.3 is 5.97 Å². The van der Waals surface area contributed by atoms with Crippen LogP contribution in [0.15, 0.2) is 22.8 Å². The normalized spacial score (nSPS) is 10.6. The van der Waals surface area contributed by atoms with Gasteiger partial charge in [-0.25, -0.2) is 9.78 Å². The van der Waals surface area contributed by atoms with Crippen molar-refractivity contribution in [1.82, 2.24) is 9.97 Å². The first-order valence-corrected chi connectivity index (χ1v) is 7.07. The van der Waals surface area contributed by atoms with E-state index in [-0.39, 0.29) is 0 Å². The van der Waals surface area contributed by atoms with Crippen molar-refractivity contribution in [2.24, 2.45) is 0 Å². The van der Waals surface area contributed by atoms with Gasteiger partial charge in [-0.3, -0.25) is 4.98 Å². The minimum Gasteiger partial charge on any atom is -0.477 e. The van der Waals surface area contributed by atoms with Crippen LogP contribution in [0, 0.1) is 0 Å². The third kappa shape index (κ3) is 2.76. The van der Waals surface area contributed by atoms with Crippen LogP contribution < -0.4 is 0 Å². The average molecular weight is 327 g/mol. The molecule has 0 spiro atoms. The van der Waals surface area contributed by atoms with Crippen LogP contribution in [-0.4, -0.2) is 21.0 Å². The molecule has 4 nitrogen and oxygen atoms in total. The first-order valence-electron chi connectivity index (χ1n) is 5.46. The summed E-state index contributed by atoms with van der Waals surface area (Å²) in [5, 5.41) is 9.80. The van der Waals surface area contributed by atoms with Gasteiger partial charge in [-0.1, -0.05) is 13.3 Å². The molecule has 0 saturated heterocycles. The molecule has 0 bridgehead atoms. The second kappa shape index (κ2) is 5.58. The molecule has 0 aliphatic carbocycles. The fourth-order valence-electron chi connectivity index (χ4n) is 1.54. The smallest absolute Gasteiger partial charge is 0.347 e. The van der Waals surface area contributed by atoms with Gasteiger partial charge in [0, 0.05) is 10.7 Å². The Morgan fingerprint density at radius 2 is 2.28 bits per heavy atom. The summed E-state index contributed by atoms with van der Waals surface area (Å²) in [5.74, 6) is -0.917. The number of aromatic carboxylic acids is 1. The molecular formula is C12H11BrN2O2S. The van der Waals surface area contributed by atoms with Crippen LogP contribution in [0.2, 0.25) is 0 Å². The number of halogens is 1. The van der Waals surface area contributed by atoms with E-state index in [1.165, 1.54) is 11.3 Å². The molecule has 1 N–H and O–H groups in total. The van der Waals surface area contributed by atoms with E-state index in [0.717, 1.165) is 10.9 Å². The van der Waals surface area contributed by atoms with Gasteiger partial charge in [0.25, 0.3) is 0 Å². The van der Waals surface area contributed by atoms with E-state index >= 15 is 0 Å². The molecule has 0 fully saturated rings. The van der Waals surface area contributed by atoms with Crippen LogP contribution in [0.5, 0.6) is 0 Å². The van der Waals surface area contributed by atoms with Crippen LogP contribution in [0.25, 0.3) is 10.7 Å². The Balaban J connectivity index is 2.42. The van der Waals surface area contributed by atoms with Crippen LogP contribution in [0.1, 0.15) is 28.7 Å². The Morgan fingerprint density at radius 3 is 2.83 bits per heavy atom. The lowest BCUT2D eigenvalue weighted by molar-refractivity contribution is 0.0700. The van der Waals surface area contributed by atoms with Crippen molar-refractivity contribution in [3.63, 3.8) is 0 Å². The van der Waals surface area contributed by atoms with Gasteiger partial charge in [-0.05, 0) is 34.5 Å². The molecule has 6 heteroatoms. The molecule has 0 radical (unpaired) electrons. The summed E-state index contributed by atoms with van der Waals surface area (Å²) in [6.45, 7) is 2.00. The summed E-state index contributed by atoms with van der Waals surface area (Å²) < 4.78 is 0.884. The highest BCUT2D eigenvalue weighted by Crippen LogP contribution is 2.28. The maximum atomic E-state index is 11.1. The highest BCUT2D eigenvalue weighted by molar-refractivity contribution is 9.10. The van der Waals surface area contributed by atoms with Gasteiger partial charge in [0.2, 0.25) is 0 Å². The minimum absolute atomic E-state index is 0.316. The third-order valence-corrected chi connectivity index (χ3v) is 3.90. The van der Waals surface area contributed by atoms with Gasteiger partial charge in [-0.2, -0.15) is 0 Å². The quantitative estimate of drug-likeness (QED) is 0.932. The van der Waals surface area contributed by atoms with Gasteiger partial charge < -0.3 is 5.11 Å². The Morgan fingerprint density at radius 1 is 1.50 bits per heavy atom. The van der Waals surface area contributed by atoms with Gasteiger partial charge in [0.15, 0.2) is 0 Å². The second-order valence-corrected chi connectivity index (χ2v) is 5.63. The Bertz CT molecular complexity index is 566. The average Bonchev–Trinajstić information content (AvgIpc) is 2.75. The molecule has 94 valence electrons. The van der Waals surface area contributed by atoms with E-state index in [0.29, 0.717) is 27.7 Å². The molecule has 0 aliphatic rings. The van der Waals surface area contributed by atoms with Gasteiger partial charge in [0.05, 0.1) is 11.4 Å². The maximum absolute atomic E-state index is 11.1. The van der Waals surface area contributed by atoms with Crippen LogP contribution in [0.4, 0.5) is 0 Å². The summed E-state index contributed by atoms with van der Waals surface area (Å²) in [6, 6.07) is 3.69. The van der Waals surface area contributed by atoms with Crippen molar-refractivity contribution < 1.29 is 9.90 Å². The number of aromatic nitrogens is 2. The van der Waals surface area contributed by atoms with Crippen molar-refractivity contribution in [3.05, 3.63) is 33.4 Å². The zero-order valence-electron chi connectivity index (χ0n) is 9.68. The molecule has 2 heterocycles. The monoisotopic (exact) mass is 326 g/mol. The summed E-state index contributed by atoms with van der Waals surface area (Å²) in [7, 11) is 0. The van der Waals surface area contributed by atoms with E-state index in [1.54, 1.807) is 6.20 Å². The van der Waals surface area contributed by atoms with E-state index in [1.807, 2.05) is 19.1 Å². The molecule has 2 aromatic rings. The number of thiazole rings is 1. The highest BCUT2D eigenvalue weighted by Gasteiger charge is 2.17. The lowest BCUT2D eigenvalue weighted by Gasteiger charge is -1.94. The van der Waals surface area contributed by atoms with Crippen LogP contribution in [-0.2, 0) is 6.42 Å². The number of carbonyl (C=O) groups is 1. The van der Waals surface area contributed by atoms with Crippen LogP contribution >= 0.6 is 27.3 Å². The number of hydrogen-bond donors (Lipinski definition) is 1. The molecule has 2 rings (SSSR count). The predicted molar refractivity (Wildman–Crippen MR) is 74.0 cm³/mol.